The van der Waals surface area contributed by atoms with Gasteiger partial charge in [-0.3, -0.25) is 9.59 Å². The third kappa shape index (κ3) is 3.87. The highest BCUT2D eigenvalue weighted by molar-refractivity contribution is 5.97. The van der Waals surface area contributed by atoms with Crippen LogP contribution < -0.4 is 15.6 Å². The molecule has 27 heavy (non-hydrogen) atoms. The van der Waals surface area contributed by atoms with E-state index in [1.54, 1.807) is 35.9 Å². The van der Waals surface area contributed by atoms with E-state index < -0.39 is 5.91 Å². The van der Waals surface area contributed by atoms with Crippen LogP contribution in [0.2, 0.25) is 0 Å². The number of rotatable bonds is 5. The average molecular weight is 364 g/mol. The van der Waals surface area contributed by atoms with Gasteiger partial charge in [-0.1, -0.05) is 0 Å². The number of aromatic nitrogens is 2. The number of amides is 1. The first-order chi connectivity index (χ1) is 13.0. The van der Waals surface area contributed by atoms with Gasteiger partial charge >= 0.3 is 0 Å². The molecule has 0 saturated carbocycles. The largest absolute Gasteiger partial charge is 0.497 e. The van der Waals surface area contributed by atoms with Gasteiger partial charge in [0.25, 0.3) is 5.91 Å². The molecule has 138 valence electrons. The van der Waals surface area contributed by atoms with Crippen molar-refractivity contribution in [1.29, 1.82) is 0 Å². The number of carbonyl (C=O) groups excluding carboxylic acids is 1. The summed E-state index contributed by atoms with van der Waals surface area (Å²) in [5.41, 5.74) is 4.25. The van der Waals surface area contributed by atoms with Crippen LogP contribution in [0.3, 0.4) is 0 Å². The van der Waals surface area contributed by atoms with Crippen molar-refractivity contribution in [3.05, 3.63) is 69.6 Å². The minimum absolute atomic E-state index is 0.0295. The molecular formula is C20H20N4O3. The van der Waals surface area contributed by atoms with E-state index in [9.17, 15) is 9.59 Å². The lowest BCUT2D eigenvalue weighted by Gasteiger charge is -2.10. The summed E-state index contributed by atoms with van der Waals surface area (Å²) in [6.07, 6.45) is 3.02. The van der Waals surface area contributed by atoms with E-state index in [0.29, 0.717) is 17.6 Å². The zero-order valence-electron chi connectivity index (χ0n) is 15.4. The molecule has 2 aromatic heterocycles. The van der Waals surface area contributed by atoms with Gasteiger partial charge in [0.1, 0.15) is 17.0 Å². The molecule has 0 aliphatic carbocycles. The summed E-state index contributed by atoms with van der Waals surface area (Å²) in [6.45, 7) is 4.37. The lowest BCUT2D eigenvalue weighted by atomic mass is 10.1. The van der Waals surface area contributed by atoms with E-state index in [0.717, 1.165) is 17.0 Å². The third-order valence-corrected chi connectivity index (χ3v) is 4.14. The van der Waals surface area contributed by atoms with E-state index in [1.165, 1.54) is 12.4 Å². The smallest absolute Gasteiger partial charge is 0.276 e. The van der Waals surface area contributed by atoms with Gasteiger partial charge in [0, 0.05) is 18.4 Å². The molecule has 0 saturated heterocycles. The second-order valence-corrected chi connectivity index (χ2v) is 5.95. The summed E-state index contributed by atoms with van der Waals surface area (Å²) in [6, 6.07) is 10.7. The Labute approximate surface area is 156 Å². The van der Waals surface area contributed by atoms with Crippen LogP contribution in [0, 0.1) is 6.92 Å². The average Bonchev–Trinajstić information content (AvgIpc) is 2.68. The number of benzene rings is 1. The number of carbonyl (C=O) groups is 1. The van der Waals surface area contributed by atoms with Crippen molar-refractivity contribution in [2.75, 3.05) is 7.11 Å². The van der Waals surface area contributed by atoms with Crippen LogP contribution in [0.4, 0.5) is 0 Å². The molecular weight excluding hydrogens is 344 g/mol. The predicted octanol–water partition coefficient (Wildman–Crippen LogP) is 2.50. The van der Waals surface area contributed by atoms with Crippen LogP contribution in [0.15, 0.2) is 52.5 Å². The fourth-order valence-corrected chi connectivity index (χ4v) is 2.68. The number of aryl methyl sites for hydroxylation is 2. The molecule has 0 unspecified atom stereocenters. The lowest BCUT2D eigenvalue weighted by molar-refractivity contribution is 0.0953. The summed E-state index contributed by atoms with van der Waals surface area (Å²) in [4.78, 5) is 29.5. The molecule has 0 aliphatic heterocycles. The van der Waals surface area contributed by atoms with E-state index in [1.807, 2.05) is 26.0 Å². The predicted molar refractivity (Wildman–Crippen MR) is 104 cm³/mol. The molecule has 0 radical (unpaired) electrons. The summed E-state index contributed by atoms with van der Waals surface area (Å²) >= 11 is 0. The van der Waals surface area contributed by atoms with Gasteiger partial charge < -0.3 is 9.30 Å². The monoisotopic (exact) mass is 364 g/mol. The first-order valence-corrected chi connectivity index (χ1v) is 8.51. The van der Waals surface area contributed by atoms with Crippen LogP contribution >= 0.6 is 0 Å². The van der Waals surface area contributed by atoms with Crippen LogP contribution in [-0.4, -0.2) is 28.8 Å². The third-order valence-electron chi connectivity index (χ3n) is 4.14. The number of fused-ring (bicyclic) bond motifs is 1. The minimum Gasteiger partial charge on any atom is -0.497 e. The van der Waals surface area contributed by atoms with Crippen LogP contribution in [0.5, 0.6) is 5.75 Å². The summed E-state index contributed by atoms with van der Waals surface area (Å²) in [7, 11) is 1.59. The van der Waals surface area contributed by atoms with Crippen LogP contribution in [-0.2, 0) is 6.54 Å². The highest BCUT2D eigenvalue weighted by Crippen LogP contribution is 2.11. The van der Waals surface area contributed by atoms with Gasteiger partial charge in [0.15, 0.2) is 0 Å². The van der Waals surface area contributed by atoms with Crippen molar-refractivity contribution in [2.45, 2.75) is 20.4 Å². The molecule has 0 spiro atoms. The summed E-state index contributed by atoms with van der Waals surface area (Å²) < 4.78 is 6.87. The molecule has 7 nitrogen and oxygen atoms in total. The van der Waals surface area contributed by atoms with Crippen molar-refractivity contribution in [2.24, 2.45) is 5.10 Å². The topological polar surface area (TPSA) is 85.6 Å². The highest BCUT2D eigenvalue weighted by Gasteiger charge is 2.15. The quantitative estimate of drug-likeness (QED) is 0.557. The minimum atomic E-state index is -0.561. The Balaban J connectivity index is 1.86. The Bertz CT molecular complexity index is 1070. The SMILES string of the molecule is CCn1cc(C(=O)N/N=C/c2ccc(OC)cc2)c(=O)c2ccc(C)nc21. The first kappa shape index (κ1) is 18.3. The van der Waals surface area contributed by atoms with Crippen molar-refractivity contribution >= 4 is 23.2 Å². The molecule has 7 heteroatoms. The molecule has 1 amide bonds. The number of hydrazone groups is 1. The Morgan fingerprint density at radius 1 is 1.26 bits per heavy atom. The Hall–Kier alpha value is -3.48. The van der Waals surface area contributed by atoms with Gasteiger partial charge in [-0.25, -0.2) is 10.4 Å². The second kappa shape index (κ2) is 7.82. The summed E-state index contributed by atoms with van der Waals surface area (Å²) in [5.74, 6) is 0.172. The van der Waals surface area contributed by atoms with Gasteiger partial charge in [-0.2, -0.15) is 5.10 Å². The molecule has 3 rings (SSSR count). The first-order valence-electron chi connectivity index (χ1n) is 8.51. The molecule has 0 atom stereocenters. The zero-order valence-corrected chi connectivity index (χ0v) is 15.4. The molecule has 1 N–H and O–H groups in total. The second-order valence-electron chi connectivity index (χ2n) is 5.95. The highest BCUT2D eigenvalue weighted by atomic mass is 16.5. The maximum absolute atomic E-state index is 12.7. The number of hydrogen-bond donors (Lipinski definition) is 1. The standard InChI is InChI=1S/C20H20N4O3/c1-4-24-12-17(18(25)16-10-5-13(2)22-19(16)24)20(26)23-21-11-14-6-8-15(27-3)9-7-14/h5-12H,4H2,1-3H3,(H,23,26)/b21-11+. The van der Waals surface area contributed by atoms with E-state index in [2.05, 4.69) is 15.5 Å². The Morgan fingerprint density at radius 3 is 2.67 bits per heavy atom. The molecule has 3 aromatic rings. The van der Waals surface area contributed by atoms with E-state index in [4.69, 9.17) is 4.74 Å². The maximum atomic E-state index is 12.7. The molecule has 0 fully saturated rings. The van der Waals surface area contributed by atoms with Crippen molar-refractivity contribution < 1.29 is 9.53 Å². The van der Waals surface area contributed by atoms with Crippen LogP contribution in [0.25, 0.3) is 11.0 Å². The Kier molecular flexibility index (Phi) is 5.30. The number of nitrogens with zero attached hydrogens (tertiary/aromatic N) is 3. The number of ether oxygens (including phenoxy) is 1. The maximum Gasteiger partial charge on any atom is 0.276 e. The normalized spacial score (nSPS) is 11.1. The molecule has 0 aliphatic rings. The number of nitrogens with one attached hydrogen (secondary N) is 1. The van der Waals surface area contributed by atoms with Gasteiger partial charge in [0.2, 0.25) is 5.43 Å². The Morgan fingerprint density at radius 2 is 2.00 bits per heavy atom. The summed E-state index contributed by atoms with van der Waals surface area (Å²) in [5, 5.41) is 4.35. The van der Waals surface area contributed by atoms with Gasteiger partial charge in [-0.05, 0) is 55.8 Å². The fraction of sp³-hybridized carbons (Fsp3) is 0.200. The van der Waals surface area contributed by atoms with Gasteiger partial charge in [-0.15, -0.1) is 0 Å². The van der Waals surface area contributed by atoms with Crippen molar-refractivity contribution in [3.63, 3.8) is 0 Å². The molecule has 1 aromatic carbocycles. The number of methoxy groups -OCH3 is 1. The molecule has 0 bridgehead atoms. The lowest BCUT2D eigenvalue weighted by Crippen LogP contribution is -2.27. The molecule has 2 heterocycles. The van der Waals surface area contributed by atoms with Crippen molar-refractivity contribution in [1.82, 2.24) is 15.0 Å². The number of pyridine rings is 2. The van der Waals surface area contributed by atoms with Gasteiger partial charge in [0.05, 0.1) is 18.7 Å². The van der Waals surface area contributed by atoms with E-state index in [-0.39, 0.29) is 11.0 Å². The fourth-order valence-electron chi connectivity index (χ4n) is 2.68. The van der Waals surface area contributed by atoms with E-state index >= 15 is 0 Å². The zero-order chi connectivity index (χ0) is 19.4. The van der Waals surface area contributed by atoms with Crippen molar-refractivity contribution in [3.8, 4) is 5.75 Å². The number of hydrogen-bond acceptors (Lipinski definition) is 5. The van der Waals surface area contributed by atoms with Crippen LogP contribution in [0.1, 0.15) is 28.5 Å².